The number of halogens is 3. The number of ketones is 1. The lowest BCUT2D eigenvalue weighted by molar-refractivity contribution is -0.121. The quantitative estimate of drug-likeness (QED) is 0.711. The van der Waals surface area contributed by atoms with E-state index in [1.807, 2.05) is 0 Å². The van der Waals surface area contributed by atoms with Crippen LogP contribution in [0, 0.1) is 0 Å². The summed E-state index contributed by atoms with van der Waals surface area (Å²) in [5, 5.41) is 2.84. The molecular formula is C18H14F3N3O2. The summed E-state index contributed by atoms with van der Waals surface area (Å²) in [7, 11) is 0. The Hall–Kier alpha value is -3.16. The predicted octanol–water partition coefficient (Wildman–Crippen LogP) is 3.10. The van der Waals surface area contributed by atoms with Gasteiger partial charge in [0.1, 0.15) is 6.54 Å². The Morgan fingerprint density at radius 3 is 2.58 bits per heavy atom. The number of hydrogen-bond acceptors (Lipinski definition) is 3. The number of carbonyl (C=O) groups excluding carboxylic acids is 2. The first-order chi connectivity index (χ1) is 12.4. The van der Waals surface area contributed by atoms with E-state index in [4.69, 9.17) is 0 Å². The average Bonchev–Trinajstić information content (AvgIpc) is 2.98. The largest absolute Gasteiger partial charge is 0.454 e. The van der Waals surface area contributed by atoms with Gasteiger partial charge in [-0.3, -0.25) is 14.6 Å². The summed E-state index contributed by atoms with van der Waals surface area (Å²) in [6.45, 7) is 0.0477. The highest BCUT2D eigenvalue weighted by atomic mass is 19.4. The predicted molar refractivity (Wildman–Crippen MR) is 88.4 cm³/mol. The lowest BCUT2D eigenvalue weighted by Crippen LogP contribution is -2.27. The molecular weight excluding hydrogens is 347 g/mol. The van der Waals surface area contributed by atoms with Crippen molar-refractivity contribution >= 4 is 22.6 Å². The lowest BCUT2D eigenvalue weighted by Gasteiger charge is -2.07. The van der Waals surface area contributed by atoms with Gasteiger partial charge in [0.15, 0.2) is 0 Å². The molecule has 0 spiro atoms. The van der Waals surface area contributed by atoms with Crippen molar-refractivity contribution in [2.75, 3.05) is 0 Å². The van der Waals surface area contributed by atoms with E-state index >= 15 is 0 Å². The number of amides is 1. The van der Waals surface area contributed by atoms with Crippen molar-refractivity contribution in [1.29, 1.82) is 0 Å². The van der Waals surface area contributed by atoms with Crippen LogP contribution in [0.5, 0.6) is 0 Å². The molecule has 0 aliphatic rings. The molecule has 26 heavy (non-hydrogen) atoms. The van der Waals surface area contributed by atoms with Crippen LogP contribution in [0.1, 0.15) is 15.9 Å². The minimum absolute atomic E-state index is 0.162. The molecule has 0 saturated heterocycles. The second-order valence-corrected chi connectivity index (χ2v) is 5.65. The van der Waals surface area contributed by atoms with Gasteiger partial charge in [-0.1, -0.05) is 24.3 Å². The topological polar surface area (TPSA) is 64.0 Å². The van der Waals surface area contributed by atoms with Crippen LogP contribution in [0.4, 0.5) is 13.2 Å². The fourth-order valence-electron chi connectivity index (χ4n) is 2.63. The van der Waals surface area contributed by atoms with Gasteiger partial charge >= 0.3 is 6.18 Å². The normalized spacial score (nSPS) is 11.5. The minimum Gasteiger partial charge on any atom is -0.350 e. The maximum atomic E-state index is 12.8. The van der Waals surface area contributed by atoms with Gasteiger partial charge in [0, 0.05) is 36.0 Å². The van der Waals surface area contributed by atoms with Crippen molar-refractivity contribution < 1.29 is 22.8 Å². The van der Waals surface area contributed by atoms with Crippen LogP contribution in [0.3, 0.4) is 0 Å². The van der Waals surface area contributed by atoms with Crippen molar-refractivity contribution in [3.8, 4) is 0 Å². The molecule has 0 fully saturated rings. The van der Waals surface area contributed by atoms with Crippen LogP contribution in [0.25, 0.3) is 10.9 Å². The summed E-state index contributed by atoms with van der Waals surface area (Å²) in [5.41, 5.74) is 0.718. The zero-order valence-corrected chi connectivity index (χ0v) is 13.5. The third-order valence-corrected chi connectivity index (χ3v) is 3.82. The molecule has 134 valence electrons. The Kier molecular flexibility index (Phi) is 4.75. The molecule has 2 aromatic heterocycles. The molecule has 0 aliphatic carbocycles. The van der Waals surface area contributed by atoms with Crippen molar-refractivity contribution in [3.05, 3.63) is 66.1 Å². The Morgan fingerprint density at radius 2 is 1.88 bits per heavy atom. The second-order valence-electron chi connectivity index (χ2n) is 5.65. The maximum Gasteiger partial charge on any atom is 0.454 e. The average molecular weight is 361 g/mol. The van der Waals surface area contributed by atoms with Gasteiger partial charge < -0.3 is 9.88 Å². The number of para-hydroxylation sites is 1. The zero-order valence-electron chi connectivity index (χ0n) is 13.5. The Bertz CT molecular complexity index is 949. The Labute approximate surface area is 146 Å². The molecule has 0 unspecified atom stereocenters. The molecule has 8 heteroatoms. The summed E-state index contributed by atoms with van der Waals surface area (Å²) >= 11 is 0. The molecule has 0 radical (unpaired) electrons. The molecule has 3 aromatic rings. The number of nitrogens with one attached hydrogen (secondary N) is 1. The molecule has 5 nitrogen and oxygen atoms in total. The van der Waals surface area contributed by atoms with E-state index in [1.54, 1.807) is 42.7 Å². The van der Waals surface area contributed by atoms with Crippen LogP contribution in [-0.4, -0.2) is 27.4 Å². The molecule has 0 atom stereocenters. The first-order valence-corrected chi connectivity index (χ1v) is 7.71. The first kappa shape index (κ1) is 17.7. The molecule has 0 bridgehead atoms. The lowest BCUT2D eigenvalue weighted by atomic mass is 10.1. The molecule has 0 saturated carbocycles. The van der Waals surface area contributed by atoms with Crippen molar-refractivity contribution in [2.45, 2.75) is 19.3 Å². The van der Waals surface area contributed by atoms with Gasteiger partial charge in [0.25, 0.3) is 5.78 Å². The van der Waals surface area contributed by atoms with E-state index < -0.39 is 17.5 Å². The molecule has 2 heterocycles. The van der Waals surface area contributed by atoms with Crippen molar-refractivity contribution in [2.24, 2.45) is 0 Å². The molecule has 1 amide bonds. The number of carbonyl (C=O) groups is 2. The zero-order chi connectivity index (χ0) is 18.7. The van der Waals surface area contributed by atoms with Gasteiger partial charge in [-0.2, -0.15) is 13.2 Å². The number of Topliss-reactive ketones (excluding diaryl/α,β-unsaturated/α-hetero) is 1. The van der Waals surface area contributed by atoms with E-state index in [0.717, 1.165) is 11.8 Å². The van der Waals surface area contributed by atoms with E-state index in [2.05, 4.69) is 10.3 Å². The van der Waals surface area contributed by atoms with Gasteiger partial charge in [-0.05, 0) is 17.7 Å². The van der Waals surface area contributed by atoms with Gasteiger partial charge in [0.2, 0.25) is 5.91 Å². The number of benzene rings is 1. The standard InChI is InChI=1S/C18H14F3N3O2/c19-18(20,21)17(26)14-10-24(15-6-2-1-5-13(14)15)11-16(25)23-9-12-4-3-7-22-8-12/h1-8,10H,9,11H2,(H,23,25). The van der Waals surface area contributed by atoms with Crippen LogP contribution in [0.2, 0.25) is 0 Å². The summed E-state index contributed by atoms with van der Waals surface area (Å²) in [6, 6.07) is 9.69. The van der Waals surface area contributed by atoms with Crippen molar-refractivity contribution in [1.82, 2.24) is 14.9 Å². The number of alkyl halides is 3. The summed E-state index contributed by atoms with van der Waals surface area (Å²) in [4.78, 5) is 27.7. The molecule has 1 N–H and O–H groups in total. The van der Waals surface area contributed by atoms with Crippen LogP contribution in [0.15, 0.2) is 55.0 Å². The van der Waals surface area contributed by atoms with Crippen LogP contribution < -0.4 is 5.32 Å². The van der Waals surface area contributed by atoms with Gasteiger partial charge in [-0.15, -0.1) is 0 Å². The summed E-state index contributed by atoms with van der Waals surface area (Å²) in [6.07, 6.45) is -0.691. The second kappa shape index (κ2) is 6.99. The van der Waals surface area contributed by atoms with Gasteiger partial charge in [-0.25, -0.2) is 0 Å². The van der Waals surface area contributed by atoms with E-state index in [-0.39, 0.29) is 24.4 Å². The number of hydrogen-bond donors (Lipinski definition) is 1. The highest BCUT2D eigenvalue weighted by Gasteiger charge is 2.40. The van der Waals surface area contributed by atoms with Gasteiger partial charge in [0.05, 0.1) is 5.56 Å². The summed E-state index contributed by atoms with van der Waals surface area (Å²) in [5.74, 6) is -2.32. The Morgan fingerprint density at radius 1 is 1.12 bits per heavy atom. The monoisotopic (exact) mass is 361 g/mol. The SMILES string of the molecule is O=C(Cn1cc(C(=O)C(F)(F)F)c2ccccc21)NCc1cccnc1. The molecule has 1 aromatic carbocycles. The number of rotatable bonds is 5. The maximum absolute atomic E-state index is 12.8. The molecule has 0 aliphatic heterocycles. The number of fused-ring (bicyclic) bond motifs is 1. The summed E-state index contributed by atoms with van der Waals surface area (Å²) < 4.78 is 39.7. The molecule has 3 rings (SSSR count). The highest BCUT2D eigenvalue weighted by Crippen LogP contribution is 2.28. The van der Waals surface area contributed by atoms with E-state index in [9.17, 15) is 22.8 Å². The highest BCUT2D eigenvalue weighted by molar-refractivity contribution is 6.10. The van der Waals surface area contributed by atoms with E-state index in [1.165, 1.54) is 10.6 Å². The third-order valence-electron chi connectivity index (χ3n) is 3.82. The first-order valence-electron chi connectivity index (χ1n) is 7.71. The van der Waals surface area contributed by atoms with Crippen molar-refractivity contribution in [3.63, 3.8) is 0 Å². The fourth-order valence-corrected chi connectivity index (χ4v) is 2.63. The minimum atomic E-state index is -4.97. The fraction of sp³-hybridized carbons (Fsp3) is 0.167. The van der Waals surface area contributed by atoms with E-state index in [0.29, 0.717) is 5.52 Å². The smallest absolute Gasteiger partial charge is 0.350 e. The van der Waals surface area contributed by atoms with Crippen LogP contribution >= 0.6 is 0 Å². The Balaban J connectivity index is 1.82. The number of aromatic nitrogens is 2. The van der Waals surface area contributed by atoms with Crippen LogP contribution in [-0.2, 0) is 17.9 Å². The number of pyridine rings is 1. The number of nitrogens with zero attached hydrogens (tertiary/aromatic N) is 2. The third kappa shape index (κ3) is 3.74.